The fourth-order valence-corrected chi connectivity index (χ4v) is 4.23. The monoisotopic (exact) mass is 401 g/mol. The minimum Gasteiger partial charge on any atom is -0.356 e. The molecule has 0 saturated heterocycles. The third-order valence-electron chi connectivity index (χ3n) is 4.06. The molecule has 2 aromatic heterocycles. The Balaban J connectivity index is 1.63. The summed E-state index contributed by atoms with van der Waals surface area (Å²) in [7, 11) is 1.67. The summed E-state index contributed by atoms with van der Waals surface area (Å²) in [6, 6.07) is 9.14. The van der Waals surface area contributed by atoms with E-state index in [9.17, 15) is 14.4 Å². The van der Waals surface area contributed by atoms with Crippen LogP contribution in [0.3, 0.4) is 0 Å². The summed E-state index contributed by atoms with van der Waals surface area (Å²) in [5.74, 6) is 0.138. The van der Waals surface area contributed by atoms with Crippen LogP contribution in [0.15, 0.2) is 45.7 Å². The lowest BCUT2D eigenvalue weighted by Crippen LogP contribution is -2.22. The zero-order valence-corrected chi connectivity index (χ0v) is 16.7. The summed E-state index contributed by atoms with van der Waals surface area (Å²) in [5.41, 5.74) is 1.58. The molecule has 3 rings (SSSR count). The SMILES string of the molecule is CC(=O)NCCc1ccc(C(=O)CSc2nc3sccc3c(=O)n2C)cc1. The first-order valence-electron chi connectivity index (χ1n) is 8.39. The van der Waals surface area contributed by atoms with Gasteiger partial charge in [0.05, 0.1) is 11.1 Å². The van der Waals surface area contributed by atoms with Crippen LogP contribution in [0.5, 0.6) is 0 Å². The van der Waals surface area contributed by atoms with Crippen molar-refractivity contribution in [2.24, 2.45) is 7.05 Å². The molecule has 1 N–H and O–H groups in total. The molecule has 6 nitrogen and oxygen atoms in total. The number of benzene rings is 1. The summed E-state index contributed by atoms with van der Waals surface area (Å²) in [6.07, 6.45) is 0.718. The summed E-state index contributed by atoms with van der Waals surface area (Å²) >= 11 is 2.68. The number of fused-ring (bicyclic) bond motifs is 1. The van der Waals surface area contributed by atoms with Crippen molar-refractivity contribution in [1.29, 1.82) is 0 Å². The van der Waals surface area contributed by atoms with Gasteiger partial charge in [-0.3, -0.25) is 19.0 Å². The van der Waals surface area contributed by atoms with Gasteiger partial charge in [0.25, 0.3) is 5.56 Å². The first-order valence-corrected chi connectivity index (χ1v) is 10.3. The maximum atomic E-state index is 12.5. The maximum absolute atomic E-state index is 12.5. The Hall–Kier alpha value is -2.45. The molecule has 0 fully saturated rings. The molecule has 8 heteroatoms. The molecule has 0 aliphatic carbocycles. The molecule has 2 heterocycles. The lowest BCUT2D eigenvalue weighted by Gasteiger charge is -2.07. The molecular formula is C19H19N3O3S2. The molecular weight excluding hydrogens is 382 g/mol. The number of Topliss-reactive ketones (excluding diaryl/α,β-unsaturated/α-hetero) is 1. The lowest BCUT2D eigenvalue weighted by molar-refractivity contribution is -0.118. The fraction of sp³-hybridized carbons (Fsp3) is 0.263. The number of hydrogen-bond acceptors (Lipinski definition) is 6. The molecule has 0 aliphatic heterocycles. The molecule has 0 radical (unpaired) electrons. The Kier molecular flexibility index (Phi) is 6.08. The van der Waals surface area contributed by atoms with Crippen LogP contribution < -0.4 is 10.9 Å². The molecule has 3 aromatic rings. The van der Waals surface area contributed by atoms with Gasteiger partial charge >= 0.3 is 0 Å². The van der Waals surface area contributed by atoms with Crippen molar-refractivity contribution in [2.75, 3.05) is 12.3 Å². The summed E-state index contributed by atoms with van der Waals surface area (Å²) in [4.78, 5) is 40.8. The summed E-state index contributed by atoms with van der Waals surface area (Å²) in [6.45, 7) is 2.06. The van der Waals surface area contributed by atoms with E-state index in [4.69, 9.17) is 0 Å². The number of thiophene rings is 1. The van der Waals surface area contributed by atoms with Gasteiger partial charge in [-0.15, -0.1) is 11.3 Å². The van der Waals surface area contributed by atoms with Gasteiger partial charge in [0.1, 0.15) is 4.83 Å². The average molecular weight is 402 g/mol. The third kappa shape index (κ3) is 4.64. The van der Waals surface area contributed by atoms with Crippen molar-refractivity contribution in [3.8, 4) is 0 Å². The first-order chi connectivity index (χ1) is 13.0. The smallest absolute Gasteiger partial charge is 0.262 e. The van der Waals surface area contributed by atoms with Gasteiger partial charge in [-0.2, -0.15) is 0 Å². The van der Waals surface area contributed by atoms with Gasteiger partial charge < -0.3 is 5.32 Å². The molecule has 0 saturated carbocycles. The second-order valence-electron chi connectivity index (χ2n) is 6.04. The second-order valence-corrected chi connectivity index (χ2v) is 7.88. The van der Waals surface area contributed by atoms with E-state index in [0.29, 0.717) is 27.5 Å². The highest BCUT2D eigenvalue weighted by molar-refractivity contribution is 7.99. The minimum absolute atomic E-state index is 0.0195. The zero-order chi connectivity index (χ0) is 19.4. The van der Waals surface area contributed by atoms with Gasteiger partial charge in [-0.05, 0) is 23.4 Å². The van der Waals surface area contributed by atoms with Crippen molar-refractivity contribution in [1.82, 2.24) is 14.9 Å². The Bertz CT molecular complexity index is 1040. The van der Waals surface area contributed by atoms with Crippen LogP contribution in [0, 0.1) is 0 Å². The van der Waals surface area contributed by atoms with Crippen LogP contribution >= 0.6 is 23.1 Å². The van der Waals surface area contributed by atoms with Crippen molar-refractivity contribution < 1.29 is 9.59 Å². The van der Waals surface area contributed by atoms with Gasteiger partial charge in [0.15, 0.2) is 10.9 Å². The topological polar surface area (TPSA) is 81.1 Å². The van der Waals surface area contributed by atoms with Crippen LogP contribution in [0.2, 0.25) is 0 Å². The van der Waals surface area contributed by atoms with Gasteiger partial charge in [-0.25, -0.2) is 4.98 Å². The number of nitrogens with one attached hydrogen (secondary N) is 1. The Morgan fingerprint density at radius 3 is 2.67 bits per heavy atom. The number of carbonyl (C=O) groups is 2. The maximum Gasteiger partial charge on any atom is 0.262 e. The Labute approximate surface area is 164 Å². The standard InChI is InChI=1S/C19H19N3O3S2/c1-12(23)20-9-7-13-3-5-14(6-4-13)16(24)11-27-19-21-17-15(8-10-26-17)18(25)22(19)2/h3-6,8,10H,7,9,11H2,1-2H3,(H,20,23). The number of rotatable bonds is 7. The molecule has 1 amide bonds. The number of aromatic nitrogens is 2. The van der Waals surface area contributed by atoms with Crippen molar-refractivity contribution in [3.63, 3.8) is 0 Å². The van der Waals surface area contributed by atoms with E-state index >= 15 is 0 Å². The first kappa shape index (κ1) is 19.3. The average Bonchev–Trinajstić information content (AvgIpc) is 3.12. The predicted octanol–water partition coefficient (Wildman–Crippen LogP) is 2.65. The summed E-state index contributed by atoms with van der Waals surface area (Å²) < 4.78 is 1.48. The number of nitrogens with zero attached hydrogens (tertiary/aromatic N) is 2. The van der Waals surface area contributed by atoms with E-state index in [-0.39, 0.29) is 23.0 Å². The van der Waals surface area contributed by atoms with E-state index in [0.717, 1.165) is 12.0 Å². The van der Waals surface area contributed by atoms with Crippen molar-refractivity contribution in [3.05, 3.63) is 57.2 Å². The van der Waals surface area contributed by atoms with Crippen molar-refractivity contribution >= 4 is 45.0 Å². The highest BCUT2D eigenvalue weighted by Crippen LogP contribution is 2.21. The highest BCUT2D eigenvalue weighted by Gasteiger charge is 2.13. The Morgan fingerprint density at radius 2 is 1.96 bits per heavy atom. The molecule has 0 aliphatic rings. The van der Waals surface area contributed by atoms with E-state index < -0.39 is 0 Å². The van der Waals surface area contributed by atoms with E-state index in [1.54, 1.807) is 25.2 Å². The molecule has 0 unspecified atom stereocenters. The van der Waals surface area contributed by atoms with E-state index in [1.807, 2.05) is 17.5 Å². The molecule has 140 valence electrons. The van der Waals surface area contributed by atoms with Crippen LogP contribution in [0.25, 0.3) is 10.2 Å². The minimum atomic E-state index is -0.0975. The number of amides is 1. The van der Waals surface area contributed by atoms with Crippen LogP contribution in [0.4, 0.5) is 0 Å². The molecule has 1 aromatic carbocycles. The zero-order valence-electron chi connectivity index (χ0n) is 15.0. The number of ketones is 1. The predicted molar refractivity (Wildman–Crippen MR) is 109 cm³/mol. The van der Waals surface area contributed by atoms with Gasteiger partial charge in [0.2, 0.25) is 5.91 Å². The Morgan fingerprint density at radius 1 is 1.22 bits per heavy atom. The summed E-state index contributed by atoms with van der Waals surface area (Å²) in [5, 5.41) is 5.73. The lowest BCUT2D eigenvalue weighted by atomic mass is 10.1. The van der Waals surface area contributed by atoms with Crippen molar-refractivity contribution in [2.45, 2.75) is 18.5 Å². The molecule has 0 bridgehead atoms. The van der Waals surface area contributed by atoms with E-state index in [1.165, 1.54) is 34.6 Å². The van der Waals surface area contributed by atoms with Crippen LogP contribution in [-0.2, 0) is 18.3 Å². The molecule has 0 atom stereocenters. The third-order valence-corrected chi connectivity index (χ3v) is 5.90. The quantitative estimate of drug-likeness (QED) is 0.374. The van der Waals surface area contributed by atoms with E-state index in [2.05, 4.69) is 10.3 Å². The molecule has 0 spiro atoms. The van der Waals surface area contributed by atoms with Gasteiger partial charge in [0, 0.05) is 26.1 Å². The number of carbonyl (C=O) groups excluding carboxylic acids is 2. The molecule has 27 heavy (non-hydrogen) atoms. The second kappa shape index (κ2) is 8.49. The fourth-order valence-electron chi connectivity index (χ4n) is 2.56. The largest absolute Gasteiger partial charge is 0.356 e. The number of thioether (sulfide) groups is 1. The number of hydrogen-bond donors (Lipinski definition) is 1. The van der Waals surface area contributed by atoms with Crippen LogP contribution in [0.1, 0.15) is 22.8 Å². The van der Waals surface area contributed by atoms with Crippen LogP contribution in [-0.4, -0.2) is 33.5 Å². The normalized spacial score (nSPS) is 10.9. The highest BCUT2D eigenvalue weighted by atomic mass is 32.2. The van der Waals surface area contributed by atoms with Gasteiger partial charge in [-0.1, -0.05) is 36.0 Å².